The Morgan fingerprint density at radius 1 is 0.875 bits per heavy atom. The second-order valence-corrected chi connectivity index (χ2v) is 7.14. The number of anilines is 4. The van der Waals surface area contributed by atoms with Gasteiger partial charge >= 0.3 is 6.03 Å². The predicted octanol–water partition coefficient (Wildman–Crippen LogP) is 2.99. The molecular formula is C22H25N7O3. The van der Waals surface area contributed by atoms with Crippen molar-refractivity contribution in [3.63, 3.8) is 0 Å². The number of carbonyl (C=O) groups excluding carboxylic acids is 1. The maximum absolute atomic E-state index is 12.7. The highest BCUT2D eigenvalue weighted by molar-refractivity contribution is 5.90. The lowest BCUT2D eigenvalue weighted by Crippen LogP contribution is -2.50. The second kappa shape index (κ2) is 9.82. The molecule has 0 aliphatic carbocycles. The van der Waals surface area contributed by atoms with Gasteiger partial charge in [0.1, 0.15) is 11.5 Å². The lowest BCUT2D eigenvalue weighted by Gasteiger charge is -2.35. The van der Waals surface area contributed by atoms with Gasteiger partial charge in [-0.15, -0.1) is 10.2 Å². The first kappa shape index (κ1) is 21.2. The Bertz CT molecular complexity index is 1020. The first-order chi connectivity index (χ1) is 15.6. The summed E-state index contributed by atoms with van der Waals surface area (Å²) in [5, 5.41) is 14.7. The van der Waals surface area contributed by atoms with Crippen LogP contribution in [-0.2, 0) is 0 Å². The van der Waals surface area contributed by atoms with E-state index in [1.165, 1.54) is 0 Å². The largest absolute Gasteiger partial charge is 0.497 e. The molecule has 32 heavy (non-hydrogen) atoms. The van der Waals surface area contributed by atoms with Crippen LogP contribution in [0.3, 0.4) is 0 Å². The van der Waals surface area contributed by atoms with E-state index < -0.39 is 0 Å². The van der Waals surface area contributed by atoms with Crippen LogP contribution in [0.2, 0.25) is 0 Å². The van der Waals surface area contributed by atoms with Gasteiger partial charge in [0.2, 0.25) is 0 Å². The van der Waals surface area contributed by atoms with Crippen LogP contribution in [-0.4, -0.2) is 66.5 Å². The van der Waals surface area contributed by atoms with Gasteiger partial charge in [-0.1, -0.05) is 0 Å². The van der Waals surface area contributed by atoms with Gasteiger partial charge in [-0.3, -0.25) is 4.98 Å². The van der Waals surface area contributed by atoms with Crippen molar-refractivity contribution in [2.75, 3.05) is 55.9 Å². The van der Waals surface area contributed by atoms with Crippen molar-refractivity contribution in [3.8, 4) is 11.5 Å². The van der Waals surface area contributed by atoms with Gasteiger partial charge < -0.3 is 29.9 Å². The number of aromatic nitrogens is 3. The van der Waals surface area contributed by atoms with Crippen LogP contribution in [0, 0.1) is 0 Å². The molecule has 166 valence electrons. The Morgan fingerprint density at radius 2 is 1.56 bits per heavy atom. The van der Waals surface area contributed by atoms with E-state index in [4.69, 9.17) is 9.47 Å². The number of nitrogens with one attached hydrogen (secondary N) is 2. The summed E-state index contributed by atoms with van der Waals surface area (Å²) in [7, 11) is 3.15. The van der Waals surface area contributed by atoms with Crippen molar-refractivity contribution in [3.05, 3.63) is 54.9 Å². The number of carbonyl (C=O) groups is 1. The molecule has 10 heteroatoms. The molecule has 1 aliphatic rings. The van der Waals surface area contributed by atoms with Crippen LogP contribution >= 0.6 is 0 Å². The van der Waals surface area contributed by atoms with Gasteiger partial charge in [0.15, 0.2) is 11.6 Å². The molecule has 1 aromatic carbocycles. The molecule has 0 atom stereocenters. The highest BCUT2D eigenvalue weighted by Gasteiger charge is 2.22. The number of amides is 2. The number of piperazine rings is 1. The number of nitrogens with zero attached hydrogens (tertiary/aromatic N) is 5. The quantitative estimate of drug-likeness (QED) is 0.609. The second-order valence-electron chi connectivity index (χ2n) is 7.14. The summed E-state index contributed by atoms with van der Waals surface area (Å²) in [6.07, 6.45) is 3.43. The molecule has 0 radical (unpaired) electrons. The molecule has 1 aliphatic heterocycles. The SMILES string of the molecule is COc1cc(NC(=O)N2CCN(c3ccc(Nc4ccncc4)nn3)CC2)cc(OC)c1. The molecule has 1 fully saturated rings. The Kier molecular flexibility index (Phi) is 6.49. The van der Waals surface area contributed by atoms with E-state index in [2.05, 4.69) is 30.7 Å². The minimum Gasteiger partial charge on any atom is -0.497 e. The third kappa shape index (κ3) is 5.15. The molecule has 4 rings (SSSR count). The molecular weight excluding hydrogens is 410 g/mol. The lowest BCUT2D eigenvalue weighted by molar-refractivity contribution is 0.208. The Hall–Kier alpha value is -4.08. The molecule has 2 N–H and O–H groups in total. The first-order valence-corrected chi connectivity index (χ1v) is 10.2. The predicted molar refractivity (Wildman–Crippen MR) is 122 cm³/mol. The molecule has 10 nitrogen and oxygen atoms in total. The van der Waals surface area contributed by atoms with E-state index in [9.17, 15) is 4.79 Å². The van der Waals surface area contributed by atoms with Crippen molar-refractivity contribution >= 4 is 29.0 Å². The maximum atomic E-state index is 12.7. The zero-order valence-corrected chi connectivity index (χ0v) is 18.0. The summed E-state index contributed by atoms with van der Waals surface area (Å²) in [6.45, 7) is 2.48. The van der Waals surface area contributed by atoms with Crippen LogP contribution in [0.15, 0.2) is 54.9 Å². The molecule has 0 saturated carbocycles. The first-order valence-electron chi connectivity index (χ1n) is 10.2. The number of urea groups is 1. The molecule has 3 heterocycles. The van der Waals surface area contributed by atoms with Gasteiger partial charge in [0, 0.05) is 68.1 Å². The highest BCUT2D eigenvalue weighted by Crippen LogP contribution is 2.26. The normalized spacial score (nSPS) is 13.4. The van der Waals surface area contributed by atoms with Crippen molar-refractivity contribution in [2.45, 2.75) is 0 Å². The van der Waals surface area contributed by atoms with Crippen LogP contribution in [0.5, 0.6) is 11.5 Å². The van der Waals surface area contributed by atoms with Crippen molar-refractivity contribution in [2.24, 2.45) is 0 Å². The van der Waals surface area contributed by atoms with Crippen molar-refractivity contribution in [1.82, 2.24) is 20.1 Å². The summed E-state index contributed by atoms with van der Waals surface area (Å²) < 4.78 is 10.5. The number of methoxy groups -OCH3 is 2. The number of hydrogen-bond acceptors (Lipinski definition) is 8. The number of pyridine rings is 1. The lowest BCUT2D eigenvalue weighted by atomic mass is 10.2. The van der Waals surface area contributed by atoms with Gasteiger partial charge in [-0.2, -0.15) is 0 Å². The maximum Gasteiger partial charge on any atom is 0.321 e. The van der Waals surface area contributed by atoms with E-state index in [0.29, 0.717) is 49.2 Å². The van der Waals surface area contributed by atoms with Crippen LogP contribution in [0.25, 0.3) is 0 Å². The fourth-order valence-electron chi connectivity index (χ4n) is 3.36. The van der Waals surface area contributed by atoms with E-state index in [1.807, 2.05) is 24.3 Å². The van der Waals surface area contributed by atoms with Crippen molar-refractivity contribution < 1.29 is 14.3 Å². The van der Waals surface area contributed by atoms with Crippen LogP contribution < -0.4 is 25.0 Å². The topological polar surface area (TPSA) is 105 Å². The minimum absolute atomic E-state index is 0.164. The average Bonchev–Trinajstić information content (AvgIpc) is 2.85. The van der Waals surface area contributed by atoms with E-state index >= 15 is 0 Å². The highest BCUT2D eigenvalue weighted by atomic mass is 16.5. The Balaban J connectivity index is 1.31. The zero-order valence-electron chi connectivity index (χ0n) is 18.0. The Labute approximate surface area is 186 Å². The smallest absolute Gasteiger partial charge is 0.321 e. The molecule has 2 aromatic heterocycles. The molecule has 0 bridgehead atoms. The fourth-order valence-corrected chi connectivity index (χ4v) is 3.36. The molecule has 3 aromatic rings. The van der Waals surface area contributed by atoms with Gasteiger partial charge in [0.25, 0.3) is 0 Å². The number of ether oxygens (including phenoxy) is 2. The zero-order chi connectivity index (χ0) is 22.3. The molecule has 1 saturated heterocycles. The Morgan fingerprint density at radius 3 is 2.16 bits per heavy atom. The van der Waals surface area contributed by atoms with Crippen LogP contribution in [0.4, 0.5) is 27.8 Å². The van der Waals surface area contributed by atoms with E-state index in [0.717, 1.165) is 11.5 Å². The number of rotatable bonds is 6. The summed E-state index contributed by atoms with van der Waals surface area (Å²) >= 11 is 0. The van der Waals surface area contributed by atoms with Gasteiger partial charge in [0.05, 0.1) is 14.2 Å². The summed E-state index contributed by atoms with van der Waals surface area (Å²) in [4.78, 5) is 20.6. The number of benzene rings is 1. The van der Waals surface area contributed by atoms with Gasteiger partial charge in [-0.05, 0) is 24.3 Å². The van der Waals surface area contributed by atoms with Crippen molar-refractivity contribution in [1.29, 1.82) is 0 Å². The van der Waals surface area contributed by atoms with Gasteiger partial charge in [-0.25, -0.2) is 4.79 Å². The van der Waals surface area contributed by atoms with E-state index in [-0.39, 0.29) is 6.03 Å². The summed E-state index contributed by atoms with van der Waals surface area (Å²) in [5.74, 6) is 2.67. The summed E-state index contributed by atoms with van der Waals surface area (Å²) in [6, 6.07) is 12.6. The third-order valence-electron chi connectivity index (χ3n) is 5.10. The third-order valence-corrected chi connectivity index (χ3v) is 5.10. The average molecular weight is 435 g/mol. The standard InChI is InChI=1S/C22H25N7O3/c1-31-18-13-17(14-19(15-18)32-2)25-22(30)29-11-9-28(10-12-29)21-4-3-20(26-27-21)24-16-5-7-23-8-6-16/h3-8,13-15H,9-12H2,1-2H3,(H,25,30)(H,23,24,26). The molecule has 2 amide bonds. The summed E-state index contributed by atoms with van der Waals surface area (Å²) in [5.41, 5.74) is 1.52. The number of hydrogen-bond donors (Lipinski definition) is 2. The van der Waals surface area contributed by atoms with Crippen LogP contribution in [0.1, 0.15) is 0 Å². The monoisotopic (exact) mass is 435 g/mol. The fraction of sp³-hybridized carbons (Fsp3) is 0.273. The molecule has 0 unspecified atom stereocenters. The molecule has 0 spiro atoms. The minimum atomic E-state index is -0.164. The van der Waals surface area contributed by atoms with E-state index in [1.54, 1.807) is 49.7 Å².